The summed E-state index contributed by atoms with van der Waals surface area (Å²) in [6.45, 7) is 1.98. The van der Waals surface area contributed by atoms with Gasteiger partial charge in [-0.15, -0.1) is 0 Å². The lowest BCUT2D eigenvalue weighted by Crippen LogP contribution is -2.63. The molecular weight excluding hydrogens is 1110 g/mol. The maximum absolute atomic E-state index is 15.9. The Morgan fingerprint density at radius 2 is 1.37 bits per heavy atom. The van der Waals surface area contributed by atoms with Gasteiger partial charge in [-0.2, -0.15) is 35.1 Å². The fraction of sp³-hybridized carbons (Fsp3) is 0.519. The number of carbonyl (C=O) groups is 4. The molecule has 2 bridgehead atoms. The van der Waals surface area contributed by atoms with Crippen molar-refractivity contribution >= 4 is 35.5 Å². The van der Waals surface area contributed by atoms with Crippen LogP contribution >= 0.6 is 0 Å². The van der Waals surface area contributed by atoms with Crippen molar-refractivity contribution in [1.82, 2.24) is 41.6 Å². The molecule has 18 nitrogen and oxygen atoms in total. The van der Waals surface area contributed by atoms with Gasteiger partial charge < -0.3 is 50.9 Å². The number of carbonyl (C=O) groups excluding carboxylic acids is 4. The fourth-order valence-electron chi connectivity index (χ4n) is 9.69. The number of hydrazine groups is 1. The number of aliphatic hydroxyl groups excluding tert-OH is 1. The van der Waals surface area contributed by atoms with Crippen LogP contribution in [0, 0.1) is 46.6 Å². The number of benzene rings is 2. The number of aliphatic hydroxyl groups is 1. The third-order valence-corrected chi connectivity index (χ3v) is 14.8. The van der Waals surface area contributed by atoms with Gasteiger partial charge in [0.2, 0.25) is 5.91 Å². The molecule has 0 saturated carbocycles. The number of aryl methyl sites for hydroxylation is 1. The number of piperazine rings is 1. The normalized spacial score (nSPS) is 18.4. The van der Waals surface area contributed by atoms with Crippen LogP contribution in [0.4, 0.5) is 59.3 Å². The van der Waals surface area contributed by atoms with Crippen molar-refractivity contribution in [1.29, 1.82) is 5.41 Å². The molecule has 2 aromatic carbocycles. The van der Waals surface area contributed by atoms with Gasteiger partial charge in [0.25, 0.3) is 5.91 Å². The Kier molecular flexibility index (Phi) is 20.6. The first-order valence-corrected chi connectivity index (χ1v) is 25.7. The van der Waals surface area contributed by atoms with Crippen molar-refractivity contribution in [3.63, 3.8) is 0 Å². The number of hydrogen-bond acceptors (Lipinski definition) is 14. The number of aromatic nitrogens is 1. The molecule has 0 aliphatic carbocycles. The van der Waals surface area contributed by atoms with Gasteiger partial charge in [-0.25, -0.2) is 28.4 Å². The van der Waals surface area contributed by atoms with Crippen LogP contribution in [-0.4, -0.2) is 158 Å². The average Bonchev–Trinajstić information content (AvgIpc) is 3.86. The lowest BCUT2D eigenvalue weighted by atomic mass is 9.82. The van der Waals surface area contributed by atoms with E-state index in [0.717, 1.165) is 70.8 Å². The summed E-state index contributed by atoms with van der Waals surface area (Å²) in [4.78, 5) is 62.5. The maximum atomic E-state index is 15.9. The molecule has 7 N–H and O–H groups in total. The van der Waals surface area contributed by atoms with Gasteiger partial charge in [-0.3, -0.25) is 19.9 Å². The number of alkyl carbamates (subject to hydrolysis) is 2. The molecule has 0 spiro atoms. The van der Waals surface area contributed by atoms with E-state index in [9.17, 15) is 59.4 Å². The lowest BCUT2D eigenvalue weighted by Gasteiger charge is -2.48. The summed E-state index contributed by atoms with van der Waals surface area (Å²) in [5.41, 5.74) is -4.08. The molecule has 1 aromatic heterocycles. The van der Waals surface area contributed by atoms with E-state index in [0.29, 0.717) is 80.3 Å². The van der Waals surface area contributed by atoms with Crippen molar-refractivity contribution in [3.05, 3.63) is 106 Å². The van der Waals surface area contributed by atoms with Crippen LogP contribution in [0.15, 0.2) is 60.9 Å². The molecule has 2 unspecified atom stereocenters. The number of halogens is 10. The molecule has 28 heteroatoms. The molecule has 0 radical (unpaired) electrons. The van der Waals surface area contributed by atoms with Crippen molar-refractivity contribution in [2.24, 2.45) is 10.8 Å². The molecule has 4 amide bonds. The largest absolute Gasteiger partial charge is 0.453 e. The summed E-state index contributed by atoms with van der Waals surface area (Å²) in [5, 5.41) is 28.1. The van der Waals surface area contributed by atoms with E-state index in [1.807, 2.05) is 23.7 Å². The predicted octanol–water partition coefficient (Wildman–Crippen LogP) is 6.36. The highest BCUT2D eigenvalue weighted by molar-refractivity contribution is 6.06. The first kappa shape index (κ1) is 64.0. The van der Waals surface area contributed by atoms with Gasteiger partial charge in [0.15, 0.2) is 0 Å². The number of hydrogen-bond donors (Lipinski definition) is 7. The monoisotopic (exact) mass is 1170 g/mol. The first-order chi connectivity index (χ1) is 38.3. The van der Waals surface area contributed by atoms with Gasteiger partial charge in [0, 0.05) is 72.9 Å². The summed E-state index contributed by atoms with van der Waals surface area (Å²) in [6.07, 6.45) is -10.8. The highest BCUT2D eigenvalue weighted by atomic mass is 19.4. The minimum absolute atomic E-state index is 0.265. The Labute approximate surface area is 466 Å². The Hall–Kier alpha value is -7.22. The molecule has 3 saturated heterocycles. The van der Waals surface area contributed by atoms with E-state index in [-0.39, 0.29) is 5.56 Å². The van der Waals surface area contributed by atoms with Crippen molar-refractivity contribution in [2.45, 2.75) is 122 Å². The Morgan fingerprint density at radius 1 is 0.829 bits per heavy atom. The van der Waals surface area contributed by atoms with Crippen molar-refractivity contribution in [2.75, 3.05) is 52.0 Å². The Morgan fingerprint density at radius 3 is 1.85 bits per heavy atom. The van der Waals surface area contributed by atoms with E-state index in [2.05, 4.69) is 36.4 Å². The number of ether oxygens (including phenoxy) is 3. The topological polar surface area (TPSA) is 223 Å². The molecule has 6 rings (SSSR count). The molecule has 3 aliphatic rings. The number of pyridine rings is 1. The number of nitrogens with zero attached hydrogens (tertiary/aromatic N) is 4. The molecule has 4 heterocycles. The first-order valence-electron chi connectivity index (χ1n) is 25.7. The zero-order valence-electron chi connectivity index (χ0n) is 45.6. The van der Waals surface area contributed by atoms with Crippen LogP contribution in [0.1, 0.15) is 73.9 Å². The van der Waals surface area contributed by atoms with Crippen LogP contribution in [0.5, 0.6) is 0 Å². The SMILES string of the molecule is COC(=O)N[C@H](C(=O)N[C@@H](Cc1ccc(C#Cc2cnc(N3CC4CCC(C3)N4C3COC3)c(C)c2)cc1)[C@@H](O)CN(Cc1c(F)cc(C(=N)/C=C\NC(F)F)cc1F)NC(=O)[C@@H](NC(=O)OC)C(C)(C)C(F)(F)F)C(C)(C)C(F)(F)F. The summed E-state index contributed by atoms with van der Waals surface area (Å²) >= 11 is 0. The number of anilines is 1. The quantitative estimate of drug-likeness (QED) is 0.0203. The van der Waals surface area contributed by atoms with E-state index in [4.69, 9.17) is 15.1 Å². The highest BCUT2D eigenvalue weighted by Gasteiger charge is 2.57. The van der Waals surface area contributed by atoms with Crippen molar-refractivity contribution in [3.8, 4) is 11.8 Å². The second kappa shape index (κ2) is 26.4. The number of methoxy groups -OCH3 is 2. The van der Waals surface area contributed by atoms with Crippen molar-refractivity contribution < 1.29 is 82.4 Å². The summed E-state index contributed by atoms with van der Waals surface area (Å²) in [7, 11) is 1.59. The van der Waals surface area contributed by atoms with Gasteiger partial charge in [-0.05, 0) is 101 Å². The zero-order chi connectivity index (χ0) is 60.6. The minimum Gasteiger partial charge on any atom is -0.453 e. The number of amides is 4. The van der Waals surface area contributed by atoms with Crippen LogP contribution in [0.2, 0.25) is 0 Å². The third kappa shape index (κ3) is 15.5. The second-order valence-electron chi connectivity index (χ2n) is 21.2. The standard InChI is InChI=1S/C54H64F10N10O8/c1-29-18-32(22-67-45(29)72-23-34-14-15-35(24-72)74(34)36-27-82-28-36)13-10-30-8-11-31(12-9-30)19-41(68-46(76)43(69-49(78)80-6)51(2,3)53(59,60)61)42(75)26-73(71-47(77)44(70-50(79)81-7)52(4,5)54(62,63)64)25-37-38(55)20-33(21-39(37)56)40(65)16-17-66-48(57)58/h8-9,11-12,16-18,20-22,34-36,41-44,48,65-66,75H,14-15,19,23-28H2,1-7H3,(H,68,76)(H,69,78)(H,70,79)(H,71,77)/b17-16-,65-40?/t34?,35?,41-,42-,43+,44+/m0/s1. The number of alkyl halides is 8. The number of allylic oxidation sites excluding steroid dienone is 1. The Bertz CT molecular complexity index is 2860. The van der Waals surface area contributed by atoms with Gasteiger partial charge in [-0.1, -0.05) is 24.0 Å². The van der Waals surface area contributed by atoms with Crippen LogP contribution in [0.3, 0.4) is 0 Å². The highest BCUT2D eigenvalue weighted by Crippen LogP contribution is 2.42. The number of nitrogens with one attached hydrogen (secondary N) is 6. The molecular formula is C54H64F10N10O8. The summed E-state index contributed by atoms with van der Waals surface area (Å²) in [5.74, 6) is 0.768. The van der Waals surface area contributed by atoms with Gasteiger partial charge in [0.05, 0.1) is 62.2 Å². The van der Waals surface area contributed by atoms with Crippen LogP contribution in [-0.2, 0) is 36.8 Å². The second-order valence-corrected chi connectivity index (χ2v) is 21.2. The van der Waals surface area contributed by atoms with Crippen LogP contribution < -0.4 is 31.6 Å². The molecule has 82 heavy (non-hydrogen) atoms. The average molecular weight is 1170 g/mol. The summed E-state index contributed by atoms with van der Waals surface area (Å²) in [6, 6.07) is 3.56. The van der Waals surface area contributed by atoms with E-state index < -0.39 is 126 Å². The predicted molar refractivity (Wildman–Crippen MR) is 277 cm³/mol. The van der Waals surface area contributed by atoms with E-state index >= 15 is 8.78 Å². The fourth-order valence-corrected chi connectivity index (χ4v) is 9.69. The van der Waals surface area contributed by atoms with Gasteiger partial charge in [0.1, 0.15) is 29.5 Å². The lowest BCUT2D eigenvalue weighted by molar-refractivity contribution is -0.221. The van der Waals surface area contributed by atoms with E-state index in [1.165, 1.54) is 12.1 Å². The molecule has 3 aromatic rings. The van der Waals surface area contributed by atoms with E-state index in [1.54, 1.807) is 29.0 Å². The molecule has 448 valence electrons. The smallest absolute Gasteiger partial charge is 0.407 e. The maximum Gasteiger partial charge on any atom is 0.407 e. The molecule has 6 atom stereocenters. The Balaban J connectivity index is 1.32. The van der Waals surface area contributed by atoms with Crippen LogP contribution in [0.25, 0.3) is 0 Å². The van der Waals surface area contributed by atoms with Gasteiger partial charge >= 0.3 is 31.1 Å². The molecule has 3 aliphatic heterocycles. The zero-order valence-corrected chi connectivity index (χ0v) is 45.6. The third-order valence-electron chi connectivity index (χ3n) is 14.8. The minimum atomic E-state index is -5.24. The number of rotatable bonds is 21. The summed E-state index contributed by atoms with van der Waals surface area (Å²) < 4.78 is 159. The molecule has 3 fully saturated rings. The number of fused-ring (bicyclic) bond motifs is 2.